The van der Waals surface area contributed by atoms with Crippen molar-refractivity contribution >= 4 is 14.4 Å². The van der Waals surface area contributed by atoms with Crippen molar-refractivity contribution in [2.24, 2.45) is 0 Å². The van der Waals surface area contributed by atoms with Gasteiger partial charge < -0.3 is 13.6 Å². The predicted octanol–water partition coefficient (Wildman–Crippen LogP) is 5.06. The van der Waals surface area contributed by atoms with E-state index in [1.807, 2.05) is 32.9 Å². The van der Waals surface area contributed by atoms with Gasteiger partial charge in [0, 0.05) is 0 Å². The SMILES string of the molecule is C=C[C@H]1[C@H](c2ccco2)[C@H](CO[Si](C)(C)C(C)(C)C)NN1C(=O)OC(C)(C)C. The van der Waals surface area contributed by atoms with Crippen molar-refractivity contribution in [2.45, 2.75) is 83.3 Å². The fraction of sp³-hybridized carbons (Fsp3) is 0.667. The highest BCUT2D eigenvalue weighted by atomic mass is 28.4. The number of nitrogens with one attached hydrogen (secondary N) is 1. The van der Waals surface area contributed by atoms with E-state index >= 15 is 0 Å². The number of hydrazine groups is 1. The molecule has 1 N–H and O–H groups in total. The maximum Gasteiger partial charge on any atom is 0.425 e. The summed E-state index contributed by atoms with van der Waals surface area (Å²) < 4.78 is 17.7. The van der Waals surface area contributed by atoms with Crippen LogP contribution in [-0.2, 0) is 9.16 Å². The zero-order chi connectivity index (χ0) is 21.3. The summed E-state index contributed by atoms with van der Waals surface area (Å²) in [6.07, 6.45) is 2.98. The maximum absolute atomic E-state index is 12.8. The van der Waals surface area contributed by atoms with Gasteiger partial charge in [0.05, 0.1) is 30.9 Å². The lowest BCUT2D eigenvalue weighted by molar-refractivity contribution is 0.0139. The van der Waals surface area contributed by atoms with Crippen LogP contribution in [0.2, 0.25) is 18.1 Å². The summed E-state index contributed by atoms with van der Waals surface area (Å²) >= 11 is 0. The Kier molecular flexibility index (Phi) is 6.53. The Balaban J connectivity index is 2.27. The Morgan fingerprint density at radius 3 is 2.43 bits per heavy atom. The smallest absolute Gasteiger partial charge is 0.425 e. The molecule has 1 aliphatic rings. The summed E-state index contributed by atoms with van der Waals surface area (Å²) in [5.41, 5.74) is 2.72. The fourth-order valence-electron chi connectivity index (χ4n) is 2.98. The summed E-state index contributed by atoms with van der Waals surface area (Å²) in [7, 11) is -1.94. The first kappa shape index (κ1) is 22.7. The van der Waals surface area contributed by atoms with Gasteiger partial charge in [0.15, 0.2) is 8.32 Å². The van der Waals surface area contributed by atoms with Crippen molar-refractivity contribution in [1.82, 2.24) is 10.4 Å². The first-order chi connectivity index (χ1) is 12.8. The fourth-order valence-corrected chi connectivity index (χ4v) is 4.01. The molecule has 1 aromatic heterocycles. The van der Waals surface area contributed by atoms with E-state index in [1.54, 1.807) is 12.3 Å². The highest BCUT2D eigenvalue weighted by Crippen LogP contribution is 2.39. The van der Waals surface area contributed by atoms with Crippen LogP contribution in [0.1, 0.15) is 53.2 Å². The summed E-state index contributed by atoms with van der Waals surface area (Å²) in [4.78, 5) is 12.8. The van der Waals surface area contributed by atoms with Gasteiger partial charge in [-0.05, 0) is 51.0 Å². The second kappa shape index (κ2) is 8.04. The van der Waals surface area contributed by atoms with Crippen molar-refractivity contribution in [3.05, 3.63) is 36.8 Å². The predicted molar refractivity (Wildman–Crippen MR) is 114 cm³/mol. The van der Waals surface area contributed by atoms with Crippen LogP contribution in [0.25, 0.3) is 0 Å². The second-order valence-corrected chi connectivity index (χ2v) is 14.7. The van der Waals surface area contributed by atoms with Crippen LogP contribution in [0, 0.1) is 0 Å². The van der Waals surface area contributed by atoms with Gasteiger partial charge in [-0.3, -0.25) is 0 Å². The zero-order valence-electron chi connectivity index (χ0n) is 18.5. The van der Waals surface area contributed by atoms with Crippen molar-refractivity contribution in [3.8, 4) is 0 Å². The summed E-state index contributed by atoms with van der Waals surface area (Å²) in [6, 6.07) is 3.36. The number of ether oxygens (including phenoxy) is 1. The summed E-state index contributed by atoms with van der Waals surface area (Å²) in [5.74, 6) is 0.692. The highest BCUT2D eigenvalue weighted by molar-refractivity contribution is 6.74. The Morgan fingerprint density at radius 1 is 1.32 bits per heavy atom. The molecule has 1 amide bonds. The molecule has 0 spiro atoms. The minimum absolute atomic E-state index is 0.106. The Labute approximate surface area is 170 Å². The van der Waals surface area contributed by atoms with Crippen LogP contribution in [-0.4, -0.2) is 43.7 Å². The number of hydrogen-bond acceptors (Lipinski definition) is 5. The molecule has 158 valence electrons. The molecule has 0 unspecified atom stereocenters. The molecule has 0 aliphatic carbocycles. The first-order valence-electron chi connectivity index (χ1n) is 9.85. The van der Waals surface area contributed by atoms with Crippen LogP contribution in [0.4, 0.5) is 4.79 Å². The van der Waals surface area contributed by atoms with Crippen LogP contribution in [0.15, 0.2) is 35.5 Å². The average Bonchev–Trinajstić information content (AvgIpc) is 3.17. The number of furan rings is 1. The maximum atomic E-state index is 12.8. The molecule has 1 saturated heterocycles. The van der Waals surface area contributed by atoms with Crippen LogP contribution in [0.5, 0.6) is 0 Å². The zero-order valence-corrected chi connectivity index (χ0v) is 19.5. The number of nitrogens with zero attached hydrogens (tertiary/aromatic N) is 1. The van der Waals surface area contributed by atoms with E-state index in [1.165, 1.54) is 5.01 Å². The van der Waals surface area contributed by atoms with Gasteiger partial charge in [-0.2, -0.15) is 0 Å². The average molecular weight is 409 g/mol. The molecular weight excluding hydrogens is 372 g/mol. The van der Waals surface area contributed by atoms with E-state index in [2.05, 4.69) is 45.9 Å². The largest absolute Gasteiger partial charge is 0.469 e. The minimum atomic E-state index is -1.94. The van der Waals surface area contributed by atoms with E-state index in [4.69, 9.17) is 13.6 Å². The molecule has 1 aliphatic heterocycles. The monoisotopic (exact) mass is 408 g/mol. The van der Waals surface area contributed by atoms with E-state index in [-0.39, 0.29) is 23.0 Å². The lowest BCUT2D eigenvalue weighted by Gasteiger charge is -2.37. The first-order valence-corrected chi connectivity index (χ1v) is 12.8. The molecule has 0 radical (unpaired) electrons. The molecule has 0 saturated carbocycles. The molecule has 1 fully saturated rings. The Bertz CT molecular complexity index is 674. The van der Waals surface area contributed by atoms with Crippen molar-refractivity contribution in [1.29, 1.82) is 0 Å². The number of carbonyl (C=O) groups excluding carboxylic acids is 1. The van der Waals surface area contributed by atoms with Gasteiger partial charge in [0.2, 0.25) is 0 Å². The van der Waals surface area contributed by atoms with Gasteiger partial charge in [0.1, 0.15) is 11.4 Å². The highest BCUT2D eigenvalue weighted by Gasteiger charge is 2.47. The minimum Gasteiger partial charge on any atom is -0.469 e. The molecular formula is C21H36N2O4Si. The van der Waals surface area contributed by atoms with E-state index < -0.39 is 20.0 Å². The third kappa shape index (κ3) is 5.07. The van der Waals surface area contributed by atoms with Crippen LogP contribution in [0.3, 0.4) is 0 Å². The summed E-state index contributed by atoms with van der Waals surface area (Å²) in [5, 5.41) is 1.62. The molecule has 28 heavy (non-hydrogen) atoms. The standard InChI is InChI=1S/C21H36N2O4Si/c1-10-16-18(17-12-11-13-25-17)15(14-26-28(8,9)21(5,6)7)22-23(16)19(24)27-20(2,3)4/h10-13,15-16,18,22H,1,14H2,2-9H3/t15-,16-,18+/m0/s1. The molecule has 3 atom stereocenters. The molecule has 2 rings (SSSR count). The third-order valence-corrected chi connectivity index (χ3v) is 10.0. The van der Waals surface area contributed by atoms with E-state index in [0.29, 0.717) is 6.61 Å². The molecule has 6 nitrogen and oxygen atoms in total. The quantitative estimate of drug-likeness (QED) is 0.545. The lowest BCUT2D eigenvalue weighted by atomic mass is 9.92. The summed E-state index contributed by atoms with van der Waals surface area (Å²) in [6.45, 7) is 21.1. The Hall–Kier alpha value is -1.57. The number of hydrogen-bond donors (Lipinski definition) is 1. The van der Waals surface area contributed by atoms with Gasteiger partial charge >= 0.3 is 6.09 Å². The molecule has 0 aromatic carbocycles. The van der Waals surface area contributed by atoms with Crippen molar-refractivity contribution < 1.29 is 18.4 Å². The number of amides is 1. The third-order valence-electron chi connectivity index (χ3n) is 5.54. The molecule has 0 bridgehead atoms. The number of carbonyl (C=O) groups is 1. The van der Waals surface area contributed by atoms with Gasteiger partial charge in [-0.25, -0.2) is 15.2 Å². The molecule has 2 heterocycles. The van der Waals surface area contributed by atoms with Crippen molar-refractivity contribution in [3.63, 3.8) is 0 Å². The van der Waals surface area contributed by atoms with Crippen LogP contribution < -0.4 is 5.43 Å². The normalized spacial score (nSPS) is 23.7. The van der Waals surface area contributed by atoms with Gasteiger partial charge in [0.25, 0.3) is 0 Å². The van der Waals surface area contributed by atoms with Crippen LogP contribution >= 0.6 is 0 Å². The molecule has 7 heteroatoms. The second-order valence-electron chi connectivity index (χ2n) is 9.92. The number of rotatable bonds is 5. The topological polar surface area (TPSA) is 63.9 Å². The lowest BCUT2D eigenvalue weighted by Crippen LogP contribution is -2.48. The van der Waals surface area contributed by atoms with Gasteiger partial charge in [-0.1, -0.05) is 26.8 Å². The van der Waals surface area contributed by atoms with E-state index in [9.17, 15) is 4.79 Å². The van der Waals surface area contributed by atoms with E-state index in [0.717, 1.165) is 5.76 Å². The van der Waals surface area contributed by atoms with Crippen molar-refractivity contribution in [2.75, 3.05) is 6.61 Å². The Morgan fingerprint density at radius 2 is 1.96 bits per heavy atom. The molecule has 1 aromatic rings. The van der Waals surface area contributed by atoms with Gasteiger partial charge in [-0.15, -0.1) is 6.58 Å².